The van der Waals surface area contributed by atoms with Crippen LogP contribution < -0.4 is 9.80 Å². The van der Waals surface area contributed by atoms with Crippen LogP contribution in [0.3, 0.4) is 0 Å². The van der Waals surface area contributed by atoms with Gasteiger partial charge in [0.1, 0.15) is 6.54 Å². The van der Waals surface area contributed by atoms with Gasteiger partial charge in [-0.05, 0) is 6.07 Å². The van der Waals surface area contributed by atoms with Gasteiger partial charge in [-0.15, -0.1) is 0 Å². The molecule has 0 spiro atoms. The van der Waals surface area contributed by atoms with E-state index in [9.17, 15) is 13.2 Å². The average Bonchev–Trinajstić information content (AvgIpc) is 3.02. The van der Waals surface area contributed by atoms with E-state index in [0.717, 1.165) is 32.0 Å². The fourth-order valence-electron chi connectivity index (χ4n) is 4.07. The van der Waals surface area contributed by atoms with Crippen LogP contribution in [0, 0.1) is 0 Å². The number of rotatable bonds is 3. The van der Waals surface area contributed by atoms with Crippen molar-refractivity contribution in [3.8, 4) is 0 Å². The normalized spacial score (nSPS) is 27.2. The summed E-state index contributed by atoms with van der Waals surface area (Å²) in [6.07, 6.45) is 0.731. The molecule has 0 amide bonds. The van der Waals surface area contributed by atoms with Crippen molar-refractivity contribution in [3.05, 3.63) is 35.4 Å². The number of piperidine rings is 1. The molecular weight excluding hydrogens is 289 g/mol. The van der Waals surface area contributed by atoms with Gasteiger partial charge in [-0.3, -0.25) is 0 Å². The topological polar surface area (TPSA) is 8.88 Å². The first-order valence-electron chi connectivity index (χ1n) is 8.37. The van der Waals surface area contributed by atoms with Gasteiger partial charge in [-0.2, -0.15) is 13.2 Å². The van der Waals surface area contributed by atoms with Gasteiger partial charge in [-0.25, -0.2) is 0 Å². The molecule has 0 saturated carbocycles. The van der Waals surface area contributed by atoms with Gasteiger partial charge >= 0.3 is 6.18 Å². The molecule has 3 rings (SSSR count). The molecule has 0 atom stereocenters. The van der Waals surface area contributed by atoms with Crippen LogP contribution in [-0.2, 0) is 12.7 Å². The molecule has 2 aliphatic rings. The quantitative estimate of drug-likeness (QED) is 0.821. The fourth-order valence-corrected chi connectivity index (χ4v) is 4.07. The Labute approximate surface area is 129 Å². The van der Waals surface area contributed by atoms with Gasteiger partial charge in [0, 0.05) is 31.2 Å². The van der Waals surface area contributed by atoms with E-state index in [1.165, 1.54) is 43.0 Å². The van der Waals surface area contributed by atoms with Crippen LogP contribution in [0.5, 0.6) is 0 Å². The molecule has 2 heterocycles. The lowest BCUT2D eigenvalue weighted by atomic mass is 10.0. The van der Waals surface area contributed by atoms with E-state index in [1.807, 2.05) is 0 Å². The summed E-state index contributed by atoms with van der Waals surface area (Å²) in [5.41, 5.74) is -0.0215. The van der Waals surface area contributed by atoms with E-state index >= 15 is 0 Å². The minimum Gasteiger partial charge on any atom is -0.332 e. The van der Waals surface area contributed by atoms with Crippen molar-refractivity contribution in [2.75, 3.05) is 26.2 Å². The highest BCUT2D eigenvalue weighted by Crippen LogP contribution is 2.31. The number of hydrogen-bond acceptors (Lipinski definition) is 0. The lowest BCUT2D eigenvalue weighted by molar-refractivity contribution is -0.957. The van der Waals surface area contributed by atoms with E-state index in [1.54, 1.807) is 17.0 Å². The molecule has 0 radical (unpaired) electrons. The first kappa shape index (κ1) is 15.8. The summed E-state index contributed by atoms with van der Waals surface area (Å²) >= 11 is 0. The Kier molecular flexibility index (Phi) is 4.73. The summed E-state index contributed by atoms with van der Waals surface area (Å²) in [5, 5.41) is 0. The molecule has 2 fully saturated rings. The molecule has 0 bridgehead atoms. The third-order valence-corrected chi connectivity index (χ3v) is 5.28. The number of hydrogen-bond donors (Lipinski definition) is 2. The first-order chi connectivity index (χ1) is 10.5. The van der Waals surface area contributed by atoms with Crippen LogP contribution >= 0.6 is 0 Å². The van der Waals surface area contributed by atoms with Crippen LogP contribution in [0.15, 0.2) is 24.3 Å². The highest BCUT2D eigenvalue weighted by atomic mass is 19.4. The molecule has 0 unspecified atom stereocenters. The van der Waals surface area contributed by atoms with Crippen LogP contribution in [0.4, 0.5) is 13.2 Å². The summed E-state index contributed by atoms with van der Waals surface area (Å²) in [7, 11) is 0. The minimum absolute atomic E-state index is 0.442. The van der Waals surface area contributed by atoms with E-state index in [-0.39, 0.29) is 0 Å². The minimum atomic E-state index is -4.24. The van der Waals surface area contributed by atoms with Crippen LogP contribution in [0.25, 0.3) is 0 Å². The Morgan fingerprint density at radius 1 is 0.955 bits per heavy atom. The number of quaternary nitrogens is 2. The maximum atomic E-state index is 13.1. The van der Waals surface area contributed by atoms with E-state index in [2.05, 4.69) is 0 Å². The van der Waals surface area contributed by atoms with E-state index in [4.69, 9.17) is 0 Å². The summed E-state index contributed by atoms with van der Waals surface area (Å²) < 4.78 is 39.2. The fraction of sp³-hybridized carbons (Fsp3) is 0.647. The molecule has 0 aliphatic carbocycles. The van der Waals surface area contributed by atoms with Gasteiger partial charge in [-0.1, -0.05) is 18.2 Å². The maximum absolute atomic E-state index is 13.1. The molecule has 1 aromatic rings. The highest BCUT2D eigenvalue weighted by molar-refractivity contribution is 5.28. The second kappa shape index (κ2) is 6.59. The zero-order valence-corrected chi connectivity index (χ0v) is 12.9. The number of alkyl halides is 3. The predicted octanol–water partition coefficient (Wildman–Crippen LogP) is 0.931. The van der Waals surface area contributed by atoms with Gasteiger partial charge < -0.3 is 9.80 Å². The Morgan fingerprint density at radius 3 is 2.23 bits per heavy atom. The smallest absolute Gasteiger partial charge is 0.332 e. The maximum Gasteiger partial charge on any atom is 0.416 e. The van der Waals surface area contributed by atoms with Crippen LogP contribution in [0.2, 0.25) is 0 Å². The van der Waals surface area contributed by atoms with Crippen molar-refractivity contribution in [1.82, 2.24) is 0 Å². The van der Waals surface area contributed by atoms with Gasteiger partial charge in [0.15, 0.2) is 0 Å². The zero-order valence-electron chi connectivity index (χ0n) is 12.9. The van der Waals surface area contributed by atoms with E-state index < -0.39 is 11.7 Å². The first-order valence-corrected chi connectivity index (χ1v) is 8.37. The molecule has 2 nitrogen and oxygen atoms in total. The predicted molar refractivity (Wildman–Crippen MR) is 78.8 cm³/mol. The summed E-state index contributed by atoms with van der Waals surface area (Å²) in [6, 6.07) is 6.77. The summed E-state index contributed by atoms with van der Waals surface area (Å²) in [5.74, 6) is 0. The lowest BCUT2D eigenvalue weighted by Gasteiger charge is -2.32. The zero-order chi connectivity index (χ0) is 15.6. The van der Waals surface area contributed by atoms with E-state index in [0.29, 0.717) is 12.1 Å². The largest absolute Gasteiger partial charge is 0.416 e. The third kappa shape index (κ3) is 3.63. The van der Waals surface area contributed by atoms with Crippen molar-refractivity contribution in [2.24, 2.45) is 0 Å². The van der Waals surface area contributed by atoms with Crippen molar-refractivity contribution >= 4 is 0 Å². The molecule has 2 saturated heterocycles. The second-order valence-corrected chi connectivity index (χ2v) is 6.72. The molecule has 1 aromatic carbocycles. The number of halogens is 3. The van der Waals surface area contributed by atoms with Crippen molar-refractivity contribution in [1.29, 1.82) is 0 Å². The highest BCUT2D eigenvalue weighted by Gasteiger charge is 2.35. The molecular formula is C17H25F3N2+2. The van der Waals surface area contributed by atoms with Gasteiger partial charge in [0.25, 0.3) is 0 Å². The second-order valence-electron chi connectivity index (χ2n) is 6.72. The third-order valence-electron chi connectivity index (χ3n) is 5.28. The summed E-state index contributed by atoms with van der Waals surface area (Å²) in [6.45, 7) is 5.08. The Hall–Kier alpha value is -1.07. The average molecular weight is 314 g/mol. The SMILES string of the molecule is FC(F)(F)c1ccccc1C[NH+]1CCC([NH+]2CCCC2)CC1. The molecule has 2 aliphatic heterocycles. The van der Waals surface area contributed by atoms with Crippen molar-refractivity contribution in [2.45, 2.75) is 44.4 Å². The number of nitrogens with one attached hydrogen (secondary N) is 2. The Morgan fingerprint density at radius 2 is 1.59 bits per heavy atom. The van der Waals surface area contributed by atoms with Crippen LogP contribution in [0.1, 0.15) is 36.8 Å². The van der Waals surface area contributed by atoms with Crippen molar-refractivity contribution < 1.29 is 23.0 Å². The number of likely N-dealkylation sites (tertiary alicyclic amines) is 2. The van der Waals surface area contributed by atoms with Crippen LogP contribution in [-0.4, -0.2) is 32.2 Å². The van der Waals surface area contributed by atoms with Gasteiger partial charge in [0.2, 0.25) is 0 Å². The number of benzene rings is 1. The molecule has 2 N–H and O–H groups in total. The monoisotopic (exact) mass is 314 g/mol. The van der Waals surface area contributed by atoms with Gasteiger partial charge in [0.05, 0.1) is 37.8 Å². The Balaban J connectivity index is 1.59. The molecule has 0 aromatic heterocycles. The standard InChI is InChI=1S/C17H23F3N2/c18-17(19,20)16-6-2-1-5-14(16)13-21-11-7-15(8-12-21)22-9-3-4-10-22/h1-2,5-6,15H,3-4,7-13H2/p+2. The lowest BCUT2D eigenvalue weighted by Crippen LogP contribution is -3.19. The Bertz CT molecular complexity index is 487. The summed E-state index contributed by atoms with van der Waals surface area (Å²) in [4.78, 5) is 3.03. The molecule has 22 heavy (non-hydrogen) atoms. The van der Waals surface area contributed by atoms with Crippen molar-refractivity contribution in [3.63, 3.8) is 0 Å². The molecule has 5 heteroatoms. The molecule has 122 valence electrons.